The summed E-state index contributed by atoms with van der Waals surface area (Å²) in [6.45, 7) is 0.0524. The summed E-state index contributed by atoms with van der Waals surface area (Å²) in [6.07, 6.45) is 2.79. The van der Waals surface area contributed by atoms with Gasteiger partial charge in [0.25, 0.3) is 0 Å². The normalized spacial score (nSPS) is 16.9. The second-order valence-corrected chi connectivity index (χ2v) is 5.31. The third-order valence-electron chi connectivity index (χ3n) is 2.82. The summed E-state index contributed by atoms with van der Waals surface area (Å²) in [5.41, 5.74) is 0. The summed E-state index contributed by atoms with van der Waals surface area (Å²) >= 11 is 1.95. The molecule has 0 aliphatic carbocycles. The molecule has 1 heterocycles. The van der Waals surface area contributed by atoms with Gasteiger partial charge in [-0.3, -0.25) is 9.59 Å². The summed E-state index contributed by atoms with van der Waals surface area (Å²) in [4.78, 5) is 24.2. The molecule has 1 saturated heterocycles. The molecule has 0 unspecified atom stereocenters. The second-order valence-electron chi connectivity index (χ2n) is 4.09. The third kappa shape index (κ3) is 4.43. The number of methoxy groups -OCH3 is 1. The van der Waals surface area contributed by atoms with E-state index in [-0.39, 0.29) is 18.4 Å². The Kier molecular flexibility index (Phi) is 5.66. The minimum absolute atomic E-state index is 0.0438. The Morgan fingerprint density at radius 1 is 1.38 bits per heavy atom. The monoisotopic (exact) mass is 245 g/mol. The largest absolute Gasteiger partial charge is 0.468 e. The number of hydrogen-bond acceptors (Lipinski definition) is 4. The minimum Gasteiger partial charge on any atom is -0.468 e. The molecule has 0 aromatic rings. The van der Waals surface area contributed by atoms with Gasteiger partial charge in [0.15, 0.2) is 0 Å². The topological polar surface area (TPSA) is 46.6 Å². The van der Waals surface area contributed by atoms with Crippen molar-refractivity contribution in [3.8, 4) is 0 Å². The standard InChI is InChI=1S/C11H19NO3S/c1-12(8-11(14)15-2)10(13)7-9-3-5-16-6-4-9/h9H,3-8H2,1-2H3. The van der Waals surface area contributed by atoms with Crippen molar-refractivity contribution in [1.82, 2.24) is 4.90 Å². The van der Waals surface area contributed by atoms with E-state index >= 15 is 0 Å². The molecular formula is C11H19NO3S. The van der Waals surface area contributed by atoms with Crippen molar-refractivity contribution >= 4 is 23.6 Å². The Labute approximate surface area is 101 Å². The molecule has 0 bridgehead atoms. The van der Waals surface area contributed by atoms with Crippen molar-refractivity contribution in [3.05, 3.63) is 0 Å². The van der Waals surface area contributed by atoms with Gasteiger partial charge in [-0.2, -0.15) is 11.8 Å². The van der Waals surface area contributed by atoms with Crippen LogP contribution >= 0.6 is 11.8 Å². The van der Waals surface area contributed by atoms with Crippen molar-refractivity contribution in [2.24, 2.45) is 5.92 Å². The number of hydrogen-bond donors (Lipinski definition) is 0. The van der Waals surface area contributed by atoms with E-state index in [1.807, 2.05) is 11.8 Å². The molecule has 16 heavy (non-hydrogen) atoms. The summed E-state index contributed by atoms with van der Waals surface area (Å²) < 4.78 is 4.52. The van der Waals surface area contributed by atoms with Gasteiger partial charge in [0.2, 0.25) is 5.91 Å². The molecule has 1 fully saturated rings. The van der Waals surface area contributed by atoms with Gasteiger partial charge in [0.1, 0.15) is 6.54 Å². The molecular weight excluding hydrogens is 226 g/mol. The van der Waals surface area contributed by atoms with Gasteiger partial charge in [0.05, 0.1) is 7.11 Å². The highest BCUT2D eigenvalue weighted by atomic mass is 32.2. The zero-order valence-electron chi connectivity index (χ0n) is 9.90. The van der Waals surface area contributed by atoms with Crippen molar-refractivity contribution in [1.29, 1.82) is 0 Å². The molecule has 1 rings (SSSR count). The number of likely N-dealkylation sites (N-methyl/N-ethyl adjacent to an activating group) is 1. The van der Waals surface area contributed by atoms with Gasteiger partial charge >= 0.3 is 5.97 Å². The first-order valence-corrected chi connectivity index (χ1v) is 6.67. The lowest BCUT2D eigenvalue weighted by atomic mass is 9.98. The molecule has 5 heteroatoms. The van der Waals surface area contributed by atoms with E-state index in [2.05, 4.69) is 4.74 Å². The zero-order valence-corrected chi connectivity index (χ0v) is 10.7. The first-order valence-electron chi connectivity index (χ1n) is 5.52. The number of ether oxygens (including phenoxy) is 1. The summed E-state index contributed by atoms with van der Waals surface area (Å²) in [7, 11) is 2.98. The van der Waals surface area contributed by atoms with Crippen LogP contribution in [-0.2, 0) is 14.3 Å². The van der Waals surface area contributed by atoms with Gasteiger partial charge < -0.3 is 9.64 Å². The molecule has 0 saturated carbocycles. The summed E-state index contributed by atoms with van der Waals surface area (Å²) in [5.74, 6) is 2.48. The lowest BCUT2D eigenvalue weighted by Crippen LogP contribution is -2.34. The average molecular weight is 245 g/mol. The summed E-state index contributed by atoms with van der Waals surface area (Å²) in [5, 5.41) is 0. The fourth-order valence-corrected chi connectivity index (χ4v) is 2.90. The van der Waals surface area contributed by atoms with Crippen LogP contribution in [0.2, 0.25) is 0 Å². The Hall–Kier alpha value is -0.710. The predicted molar refractivity (Wildman–Crippen MR) is 64.3 cm³/mol. The summed E-state index contributed by atoms with van der Waals surface area (Å²) in [6, 6.07) is 0. The Balaban J connectivity index is 2.29. The van der Waals surface area contributed by atoms with Crippen LogP contribution in [0.1, 0.15) is 19.3 Å². The minimum atomic E-state index is -0.366. The maximum Gasteiger partial charge on any atom is 0.325 e. The molecule has 4 nitrogen and oxygen atoms in total. The van der Waals surface area contributed by atoms with Crippen LogP contribution < -0.4 is 0 Å². The third-order valence-corrected chi connectivity index (χ3v) is 3.87. The Morgan fingerprint density at radius 2 is 2.00 bits per heavy atom. The molecule has 1 aliphatic rings. The fourth-order valence-electron chi connectivity index (χ4n) is 1.70. The van der Waals surface area contributed by atoms with E-state index < -0.39 is 0 Å². The van der Waals surface area contributed by atoms with E-state index in [1.54, 1.807) is 7.05 Å². The van der Waals surface area contributed by atoms with Crippen LogP contribution in [0.5, 0.6) is 0 Å². The van der Waals surface area contributed by atoms with Gasteiger partial charge in [-0.25, -0.2) is 0 Å². The van der Waals surface area contributed by atoms with Crippen LogP contribution in [0.15, 0.2) is 0 Å². The maximum atomic E-state index is 11.8. The quantitative estimate of drug-likeness (QED) is 0.697. The Morgan fingerprint density at radius 3 is 2.56 bits per heavy atom. The van der Waals surface area contributed by atoms with Crippen molar-refractivity contribution < 1.29 is 14.3 Å². The smallest absolute Gasteiger partial charge is 0.325 e. The van der Waals surface area contributed by atoms with Crippen LogP contribution in [-0.4, -0.2) is 49.0 Å². The second kappa shape index (κ2) is 6.78. The van der Waals surface area contributed by atoms with Crippen LogP contribution in [0.4, 0.5) is 0 Å². The van der Waals surface area contributed by atoms with Gasteiger partial charge in [-0.05, 0) is 30.3 Å². The molecule has 0 aromatic heterocycles. The maximum absolute atomic E-state index is 11.8. The van der Waals surface area contributed by atoms with E-state index in [4.69, 9.17) is 0 Å². The van der Waals surface area contributed by atoms with Gasteiger partial charge in [0, 0.05) is 13.5 Å². The van der Waals surface area contributed by atoms with Crippen molar-refractivity contribution in [3.63, 3.8) is 0 Å². The van der Waals surface area contributed by atoms with Crippen LogP contribution in [0, 0.1) is 5.92 Å². The average Bonchev–Trinajstić information content (AvgIpc) is 2.30. The van der Waals surface area contributed by atoms with Gasteiger partial charge in [-0.15, -0.1) is 0 Å². The number of carbonyl (C=O) groups is 2. The van der Waals surface area contributed by atoms with Crippen molar-refractivity contribution in [2.45, 2.75) is 19.3 Å². The molecule has 1 aliphatic heterocycles. The first-order chi connectivity index (χ1) is 7.63. The van der Waals surface area contributed by atoms with Gasteiger partial charge in [-0.1, -0.05) is 0 Å². The number of thioether (sulfide) groups is 1. The number of carbonyl (C=O) groups excluding carboxylic acids is 2. The highest BCUT2D eigenvalue weighted by Crippen LogP contribution is 2.25. The first kappa shape index (κ1) is 13.4. The molecule has 0 atom stereocenters. The van der Waals surface area contributed by atoms with E-state index in [1.165, 1.54) is 12.0 Å². The fraction of sp³-hybridized carbons (Fsp3) is 0.818. The van der Waals surface area contributed by atoms with Crippen LogP contribution in [0.25, 0.3) is 0 Å². The van der Waals surface area contributed by atoms with E-state index in [0.717, 1.165) is 24.3 Å². The molecule has 0 spiro atoms. The lowest BCUT2D eigenvalue weighted by Gasteiger charge is -2.23. The number of nitrogens with zero attached hydrogens (tertiary/aromatic N) is 1. The molecule has 0 N–H and O–H groups in total. The number of rotatable bonds is 4. The highest BCUT2D eigenvalue weighted by molar-refractivity contribution is 7.99. The molecule has 0 radical (unpaired) electrons. The zero-order chi connectivity index (χ0) is 12.0. The molecule has 0 aromatic carbocycles. The Bertz CT molecular complexity index is 252. The number of esters is 1. The molecule has 92 valence electrons. The lowest BCUT2D eigenvalue weighted by molar-refractivity contribution is -0.146. The SMILES string of the molecule is COC(=O)CN(C)C(=O)CC1CCSCC1. The predicted octanol–water partition coefficient (Wildman–Crippen LogP) is 1.15. The molecule has 1 amide bonds. The van der Waals surface area contributed by atoms with E-state index in [9.17, 15) is 9.59 Å². The van der Waals surface area contributed by atoms with Crippen molar-refractivity contribution in [2.75, 3.05) is 32.2 Å². The number of amides is 1. The van der Waals surface area contributed by atoms with Crippen LogP contribution in [0.3, 0.4) is 0 Å². The van der Waals surface area contributed by atoms with E-state index in [0.29, 0.717) is 12.3 Å². The highest BCUT2D eigenvalue weighted by Gasteiger charge is 2.20.